The fraction of sp³-hybridized carbons (Fsp3) is 0.444. The van der Waals surface area contributed by atoms with Crippen LogP contribution in [0.4, 0.5) is 5.82 Å². The zero-order valence-electron chi connectivity index (χ0n) is 14.5. The van der Waals surface area contributed by atoms with Gasteiger partial charge in [0.25, 0.3) is 0 Å². The summed E-state index contributed by atoms with van der Waals surface area (Å²) in [5, 5.41) is 7.20. The number of amides is 1. The highest BCUT2D eigenvalue weighted by molar-refractivity contribution is 5.91. The van der Waals surface area contributed by atoms with E-state index in [2.05, 4.69) is 27.4 Å². The summed E-state index contributed by atoms with van der Waals surface area (Å²) in [6.07, 6.45) is 2.18. The maximum Gasteiger partial charge on any atom is 0.239 e. The average molecular weight is 328 g/mol. The van der Waals surface area contributed by atoms with E-state index in [1.54, 1.807) is 11.8 Å². The Labute approximate surface area is 142 Å². The van der Waals surface area contributed by atoms with Gasteiger partial charge in [-0.3, -0.25) is 14.4 Å². The van der Waals surface area contributed by atoms with Crippen LogP contribution in [0.15, 0.2) is 30.3 Å². The lowest BCUT2D eigenvalue weighted by molar-refractivity contribution is -0.117. The molecule has 0 bridgehead atoms. The van der Waals surface area contributed by atoms with Crippen LogP contribution in [0.1, 0.15) is 30.1 Å². The van der Waals surface area contributed by atoms with Crippen LogP contribution in [0.25, 0.3) is 0 Å². The number of benzene rings is 1. The molecule has 0 aliphatic carbocycles. The minimum atomic E-state index is -0.00147. The Morgan fingerprint density at radius 1 is 1.38 bits per heavy atom. The van der Waals surface area contributed by atoms with E-state index in [1.165, 1.54) is 5.56 Å². The fourth-order valence-electron chi connectivity index (χ4n) is 3.31. The molecule has 1 aromatic heterocycles. The first kappa shape index (κ1) is 16.5. The summed E-state index contributed by atoms with van der Waals surface area (Å²) in [6, 6.07) is 10.3. The van der Waals surface area contributed by atoms with Gasteiger partial charge >= 0.3 is 0 Å². The van der Waals surface area contributed by atoms with E-state index in [-0.39, 0.29) is 11.9 Å². The molecule has 6 heteroatoms. The molecule has 1 saturated heterocycles. The second-order valence-electron chi connectivity index (χ2n) is 6.24. The topological polar surface area (TPSA) is 59.4 Å². The highest BCUT2D eigenvalue weighted by Crippen LogP contribution is 2.32. The molecule has 1 aromatic carbocycles. The maximum atomic E-state index is 12.4. The fourth-order valence-corrected chi connectivity index (χ4v) is 3.31. The first-order chi connectivity index (χ1) is 11.6. The number of aryl methyl sites for hydroxylation is 2. The Balaban J connectivity index is 1.64. The molecule has 2 aromatic rings. The third kappa shape index (κ3) is 3.59. The minimum Gasteiger partial charge on any atom is -0.497 e. The van der Waals surface area contributed by atoms with Gasteiger partial charge in [0.2, 0.25) is 5.91 Å². The van der Waals surface area contributed by atoms with Crippen molar-refractivity contribution in [3.05, 3.63) is 41.6 Å². The molecule has 0 saturated carbocycles. The predicted molar refractivity (Wildman–Crippen MR) is 93.1 cm³/mol. The molecule has 1 N–H and O–H groups in total. The normalized spacial score (nSPS) is 17.9. The number of carbonyl (C=O) groups is 1. The third-order valence-electron chi connectivity index (χ3n) is 4.48. The van der Waals surface area contributed by atoms with Gasteiger partial charge in [-0.05, 0) is 44.0 Å². The summed E-state index contributed by atoms with van der Waals surface area (Å²) in [7, 11) is 3.50. The van der Waals surface area contributed by atoms with E-state index in [0.29, 0.717) is 6.54 Å². The first-order valence-electron chi connectivity index (χ1n) is 8.25. The van der Waals surface area contributed by atoms with Crippen LogP contribution in [0, 0.1) is 6.92 Å². The van der Waals surface area contributed by atoms with Gasteiger partial charge in [-0.1, -0.05) is 12.1 Å². The monoisotopic (exact) mass is 328 g/mol. The summed E-state index contributed by atoms with van der Waals surface area (Å²) >= 11 is 0. The van der Waals surface area contributed by atoms with E-state index >= 15 is 0 Å². The number of likely N-dealkylation sites (tertiary alicyclic amines) is 1. The van der Waals surface area contributed by atoms with E-state index in [0.717, 1.165) is 36.6 Å². The second-order valence-corrected chi connectivity index (χ2v) is 6.24. The maximum absolute atomic E-state index is 12.4. The van der Waals surface area contributed by atoms with Gasteiger partial charge in [-0.2, -0.15) is 5.10 Å². The number of anilines is 1. The van der Waals surface area contributed by atoms with E-state index in [1.807, 2.05) is 32.2 Å². The Bertz CT molecular complexity index is 708. The van der Waals surface area contributed by atoms with Gasteiger partial charge in [0, 0.05) is 19.2 Å². The van der Waals surface area contributed by atoms with Crippen LogP contribution in [0.2, 0.25) is 0 Å². The molecule has 24 heavy (non-hydrogen) atoms. The molecule has 0 radical (unpaired) electrons. The number of hydrogen-bond donors (Lipinski definition) is 1. The number of carbonyl (C=O) groups excluding carboxylic acids is 1. The van der Waals surface area contributed by atoms with Gasteiger partial charge in [0.15, 0.2) is 0 Å². The summed E-state index contributed by atoms with van der Waals surface area (Å²) in [5.41, 5.74) is 2.13. The van der Waals surface area contributed by atoms with Crippen LogP contribution in [0.3, 0.4) is 0 Å². The number of ether oxygens (including phenoxy) is 1. The first-order valence-corrected chi connectivity index (χ1v) is 8.25. The largest absolute Gasteiger partial charge is 0.497 e. The van der Waals surface area contributed by atoms with Crippen LogP contribution in [-0.2, 0) is 11.8 Å². The third-order valence-corrected chi connectivity index (χ3v) is 4.48. The molecular weight excluding hydrogens is 304 g/mol. The van der Waals surface area contributed by atoms with Gasteiger partial charge in [0.1, 0.15) is 11.6 Å². The van der Waals surface area contributed by atoms with Gasteiger partial charge in [-0.15, -0.1) is 0 Å². The van der Waals surface area contributed by atoms with Crippen molar-refractivity contribution in [2.45, 2.75) is 25.8 Å². The summed E-state index contributed by atoms with van der Waals surface area (Å²) < 4.78 is 6.91. The smallest absolute Gasteiger partial charge is 0.239 e. The lowest BCUT2D eigenvalue weighted by Gasteiger charge is -2.24. The van der Waals surface area contributed by atoms with Crippen molar-refractivity contribution in [3.8, 4) is 5.75 Å². The second kappa shape index (κ2) is 7.05. The number of methoxy groups -OCH3 is 1. The number of hydrogen-bond acceptors (Lipinski definition) is 4. The SMILES string of the molecule is COc1ccc([C@H]2CCCN2CC(=O)Nc2cc(C)nn2C)cc1. The molecule has 1 atom stereocenters. The zero-order chi connectivity index (χ0) is 17.1. The van der Waals surface area contributed by atoms with Gasteiger partial charge in [-0.25, -0.2) is 0 Å². The van der Waals surface area contributed by atoms with E-state index < -0.39 is 0 Å². The number of nitrogens with zero attached hydrogens (tertiary/aromatic N) is 3. The van der Waals surface area contributed by atoms with Crippen molar-refractivity contribution in [1.29, 1.82) is 0 Å². The molecule has 1 aliphatic rings. The highest BCUT2D eigenvalue weighted by atomic mass is 16.5. The number of aromatic nitrogens is 2. The lowest BCUT2D eigenvalue weighted by Crippen LogP contribution is -2.33. The molecule has 1 fully saturated rings. The Hall–Kier alpha value is -2.34. The van der Waals surface area contributed by atoms with Crippen molar-refractivity contribution in [3.63, 3.8) is 0 Å². The number of rotatable bonds is 5. The molecule has 1 amide bonds. The van der Waals surface area contributed by atoms with Crippen LogP contribution in [-0.4, -0.2) is 40.8 Å². The quantitative estimate of drug-likeness (QED) is 0.916. The van der Waals surface area contributed by atoms with Crippen LogP contribution < -0.4 is 10.1 Å². The van der Waals surface area contributed by atoms with Crippen molar-refractivity contribution in [2.24, 2.45) is 7.05 Å². The van der Waals surface area contributed by atoms with Gasteiger partial charge in [0.05, 0.1) is 19.3 Å². The van der Waals surface area contributed by atoms with Crippen molar-refractivity contribution >= 4 is 11.7 Å². The summed E-state index contributed by atoms with van der Waals surface area (Å²) in [4.78, 5) is 14.6. The van der Waals surface area contributed by atoms with Crippen molar-refractivity contribution in [2.75, 3.05) is 25.5 Å². The standard InChI is InChI=1S/C18H24N4O2/c1-13-11-17(21(2)20-13)19-18(23)12-22-10-4-5-16(22)14-6-8-15(24-3)9-7-14/h6-9,11,16H,4-5,10,12H2,1-3H3,(H,19,23)/t16-/m1/s1. The van der Waals surface area contributed by atoms with Crippen LogP contribution >= 0.6 is 0 Å². The summed E-state index contributed by atoms with van der Waals surface area (Å²) in [5.74, 6) is 1.59. The Kier molecular flexibility index (Phi) is 4.85. The minimum absolute atomic E-state index is 0.00147. The van der Waals surface area contributed by atoms with E-state index in [4.69, 9.17) is 4.74 Å². The molecule has 6 nitrogen and oxygen atoms in total. The van der Waals surface area contributed by atoms with Gasteiger partial charge < -0.3 is 10.1 Å². The Morgan fingerprint density at radius 2 is 2.12 bits per heavy atom. The molecule has 3 rings (SSSR count). The molecule has 2 heterocycles. The lowest BCUT2D eigenvalue weighted by atomic mass is 10.0. The van der Waals surface area contributed by atoms with Crippen molar-refractivity contribution < 1.29 is 9.53 Å². The van der Waals surface area contributed by atoms with Crippen molar-refractivity contribution in [1.82, 2.24) is 14.7 Å². The predicted octanol–water partition coefficient (Wildman–Crippen LogP) is 2.51. The highest BCUT2D eigenvalue weighted by Gasteiger charge is 2.27. The average Bonchev–Trinajstić information content (AvgIpc) is 3.14. The molecule has 1 aliphatic heterocycles. The zero-order valence-corrected chi connectivity index (χ0v) is 14.5. The Morgan fingerprint density at radius 3 is 2.75 bits per heavy atom. The molecule has 0 unspecified atom stereocenters. The molecule has 0 spiro atoms. The molecular formula is C18H24N4O2. The molecule has 128 valence electrons. The number of nitrogens with one attached hydrogen (secondary N) is 1. The van der Waals surface area contributed by atoms with Crippen LogP contribution in [0.5, 0.6) is 5.75 Å². The summed E-state index contributed by atoms with van der Waals surface area (Å²) in [6.45, 7) is 3.24. The van der Waals surface area contributed by atoms with E-state index in [9.17, 15) is 4.79 Å².